The van der Waals surface area contributed by atoms with Crippen molar-refractivity contribution in [2.24, 2.45) is 9.98 Å². The van der Waals surface area contributed by atoms with Gasteiger partial charge in [0.2, 0.25) is 0 Å². The SMILES string of the molecule is C=CN=C1/C=C\C(=O)CCc2cccc(c2)C(=O)NC(=Nc2ccccc2C)C(=C)CCc2cc1ccc2O. The van der Waals surface area contributed by atoms with Gasteiger partial charge in [-0.25, -0.2) is 4.99 Å². The summed E-state index contributed by atoms with van der Waals surface area (Å²) in [6.45, 7) is 9.88. The van der Waals surface area contributed by atoms with Crippen LogP contribution >= 0.6 is 0 Å². The zero-order valence-electron chi connectivity index (χ0n) is 22.0. The monoisotopic (exact) mass is 517 g/mol. The number of para-hydroxylation sites is 1. The number of rotatable bonds is 2. The molecule has 0 saturated carbocycles. The number of amides is 1. The third-order valence-electron chi connectivity index (χ3n) is 6.49. The van der Waals surface area contributed by atoms with E-state index in [2.05, 4.69) is 23.5 Å². The Balaban J connectivity index is 1.77. The van der Waals surface area contributed by atoms with E-state index in [0.29, 0.717) is 47.5 Å². The lowest BCUT2D eigenvalue weighted by Crippen LogP contribution is -2.32. The minimum Gasteiger partial charge on any atom is -0.508 e. The minimum atomic E-state index is -0.312. The maximum absolute atomic E-state index is 13.3. The van der Waals surface area contributed by atoms with E-state index in [1.165, 1.54) is 12.3 Å². The van der Waals surface area contributed by atoms with Crippen LogP contribution in [-0.4, -0.2) is 28.3 Å². The summed E-state index contributed by atoms with van der Waals surface area (Å²) in [5, 5.41) is 13.5. The largest absolute Gasteiger partial charge is 0.508 e. The molecule has 39 heavy (non-hydrogen) atoms. The van der Waals surface area contributed by atoms with Gasteiger partial charge in [-0.3, -0.25) is 14.6 Å². The van der Waals surface area contributed by atoms with Crippen LogP contribution in [-0.2, 0) is 17.6 Å². The first-order valence-corrected chi connectivity index (χ1v) is 12.8. The van der Waals surface area contributed by atoms with E-state index in [1.807, 2.05) is 43.3 Å². The topological polar surface area (TPSA) is 91.1 Å². The molecule has 6 heteroatoms. The summed E-state index contributed by atoms with van der Waals surface area (Å²) in [6.07, 6.45) is 6.24. The number of nitrogens with zero attached hydrogens (tertiary/aromatic N) is 2. The van der Waals surface area contributed by atoms with E-state index < -0.39 is 0 Å². The summed E-state index contributed by atoms with van der Waals surface area (Å²) < 4.78 is 0. The first-order valence-electron chi connectivity index (χ1n) is 12.8. The van der Waals surface area contributed by atoms with Gasteiger partial charge >= 0.3 is 0 Å². The highest BCUT2D eigenvalue weighted by Crippen LogP contribution is 2.24. The molecule has 2 N–H and O–H groups in total. The van der Waals surface area contributed by atoms with Crippen LogP contribution in [0.15, 0.2) is 114 Å². The highest BCUT2D eigenvalue weighted by atomic mass is 16.3. The van der Waals surface area contributed by atoms with Crippen molar-refractivity contribution >= 4 is 28.9 Å². The van der Waals surface area contributed by atoms with E-state index in [1.54, 1.807) is 36.4 Å². The van der Waals surface area contributed by atoms with Crippen LogP contribution < -0.4 is 5.32 Å². The van der Waals surface area contributed by atoms with Crippen molar-refractivity contribution < 1.29 is 14.7 Å². The minimum absolute atomic E-state index is 0.0642. The normalized spacial score (nSPS) is 17.8. The van der Waals surface area contributed by atoms with E-state index in [4.69, 9.17) is 4.99 Å². The number of aromatic hydroxyl groups is 1. The molecule has 3 aromatic carbocycles. The fourth-order valence-corrected chi connectivity index (χ4v) is 4.24. The molecule has 0 unspecified atom stereocenters. The Morgan fingerprint density at radius 3 is 2.51 bits per heavy atom. The number of phenolic OH excluding ortho intramolecular Hbond substituents is 1. The Labute approximate surface area is 228 Å². The molecule has 1 aliphatic heterocycles. The summed E-state index contributed by atoms with van der Waals surface area (Å²) in [5.74, 6) is 0.124. The van der Waals surface area contributed by atoms with Gasteiger partial charge in [0, 0.05) is 23.7 Å². The second kappa shape index (κ2) is 12.6. The molecule has 4 rings (SSSR count). The van der Waals surface area contributed by atoms with Crippen LogP contribution in [0.1, 0.15) is 45.5 Å². The highest BCUT2D eigenvalue weighted by Gasteiger charge is 2.15. The average molecular weight is 518 g/mol. The molecular weight excluding hydrogens is 486 g/mol. The van der Waals surface area contributed by atoms with Crippen LogP contribution in [0.2, 0.25) is 0 Å². The van der Waals surface area contributed by atoms with Gasteiger partial charge in [-0.2, -0.15) is 0 Å². The summed E-state index contributed by atoms with van der Waals surface area (Å²) >= 11 is 0. The number of amidine groups is 1. The summed E-state index contributed by atoms with van der Waals surface area (Å²) in [5.41, 5.74) is 5.65. The van der Waals surface area contributed by atoms with Gasteiger partial charge in [0.05, 0.1) is 11.4 Å². The second-order valence-corrected chi connectivity index (χ2v) is 9.35. The second-order valence-electron chi connectivity index (χ2n) is 9.35. The molecule has 1 amide bonds. The van der Waals surface area contributed by atoms with Gasteiger partial charge in [-0.05, 0) is 97.0 Å². The van der Waals surface area contributed by atoms with E-state index in [9.17, 15) is 14.7 Å². The number of aryl methyl sites for hydroxylation is 3. The van der Waals surface area contributed by atoms with Crippen molar-refractivity contribution in [1.82, 2.24) is 5.32 Å². The number of phenols is 1. The van der Waals surface area contributed by atoms with Crippen molar-refractivity contribution in [2.75, 3.05) is 0 Å². The predicted molar refractivity (Wildman–Crippen MR) is 157 cm³/mol. The molecule has 0 spiro atoms. The fourth-order valence-electron chi connectivity index (χ4n) is 4.24. The lowest BCUT2D eigenvalue weighted by molar-refractivity contribution is -0.114. The van der Waals surface area contributed by atoms with Crippen LogP contribution in [0, 0.1) is 6.92 Å². The Morgan fingerprint density at radius 1 is 0.897 bits per heavy atom. The zero-order chi connectivity index (χ0) is 27.8. The zero-order valence-corrected chi connectivity index (χ0v) is 22.0. The average Bonchev–Trinajstić information content (AvgIpc) is 2.94. The van der Waals surface area contributed by atoms with Crippen LogP contribution in [0.5, 0.6) is 5.75 Å². The van der Waals surface area contributed by atoms with Crippen LogP contribution in [0.25, 0.3) is 0 Å². The first kappa shape index (κ1) is 27.2. The third-order valence-corrected chi connectivity index (χ3v) is 6.49. The van der Waals surface area contributed by atoms with Crippen LogP contribution in [0.4, 0.5) is 5.69 Å². The molecule has 0 fully saturated rings. The number of carbonyl (C=O) groups is 2. The highest BCUT2D eigenvalue weighted by molar-refractivity contribution is 6.13. The number of hydrogen-bond donors (Lipinski definition) is 2. The smallest absolute Gasteiger partial charge is 0.256 e. The van der Waals surface area contributed by atoms with Crippen molar-refractivity contribution in [3.8, 4) is 5.75 Å². The lowest BCUT2D eigenvalue weighted by Gasteiger charge is -2.14. The number of aliphatic imine (C=N–C) groups is 2. The van der Waals surface area contributed by atoms with Crippen molar-refractivity contribution in [3.05, 3.63) is 132 Å². The fraction of sp³-hybridized carbons (Fsp3) is 0.152. The molecular formula is C33H31N3O3. The van der Waals surface area contributed by atoms with E-state index >= 15 is 0 Å². The number of carbonyl (C=O) groups excluding carboxylic acids is 2. The van der Waals surface area contributed by atoms with Gasteiger partial charge < -0.3 is 10.4 Å². The number of nitrogens with one attached hydrogen (secondary N) is 1. The van der Waals surface area contributed by atoms with E-state index in [0.717, 1.165) is 22.4 Å². The standard InChI is InChI=1S/C33H31N3O3/c1-4-34-30-18-17-28(37)16-13-24-9-7-10-27(20-24)33(39)36-32(35-29-11-6-5-8-22(29)2)23(3)12-14-26-21-25(30)15-19-31(26)38/h4-11,15,17-21,38H,1,3,12-14,16H2,2H3,(H,35,36,39)/b18-17-,34-30?. The molecule has 0 aliphatic carbocycles. The van der Waals surface area contributed by atoms with Gasteiger partial charge in [-0.1, -0.05) is 43.5 Å². The molecule has 0 atom stereocenters. The molecule has 4 bridgehead atoms. The van der Waals surface area contributed by atoms with Gasteiger partial charge in [0.1, 0.15) is 11.6 Å². The number of ketones is 1. The molecule has 0 radical (unpaired) electrons. The van der Waals surface area contributed by atoms with Crippen LogP contribution in [0.3, 0.4) is 0 Å². The molecule has 0 aromatic heterocycles. The van der Waals surface area contributed by atoms with Crippen molar-refractivity contribution in [2.45, 2.75) is 32.6 Å². The summed E-state index contributed by atoms with van der Waals surface area (Å²) in [6, 6.07) is 20.1. The summed E-state index contributed by atoms with van der Waals surface area (Å²) in [4.78, 5) is 35.0. The number of benzene rings is 3. The molecule has 1 aliphatic rings. The Bertz CT molecular complexity index is 1530. The number of fused-ring (bicyclic) bond motifs is 4. The van der Waals surface area contributed by atoms with Gasteiger partial charge in [0.15, 0.2) is 5.78 Å². The van der Waals surface area contributed by atoms with Crippen molar-refractivity contribution in [1.29, 1.82) is 0 Å². The third kappa shape index (κ3) is 7.14. The Hall–Kier alpha value is -4.84. The maximum atomic E-state index is 13.3. The van der Waals surface area contributed by atoms with Gasteiger partial charge in [0.25, 0.3) is 5.91 Å². The van der Waals surface area contributed by atoms with Crippen molar-refractivity contribution in [3.63, 3.8) is 0 Å². The predicted octanol–water partition coefficient (Wildman–Crippen LogP) is 6.35. The first-order chi connectivity index (χ1) is 18.8. The number of hydrogen-bond acceptors (Lipinski definition) is 5. The Morgan fingerprint density at radius 2 is 1.72 bits per heavy atom. The molecule has 196 valence electrons. The molecule has 6 nitrogen and oxygen atoms in total. The maximum Gasteiger partial charge on any atom is 0.256 e. The molecule has 3 aromatic rings. The van der Waals surface area contributed by atoms with Gasteiger partial charge in [-0.15, -0.1) is 0 Å². The Kier molecular flexibility index (Phi) is 8.79. The van der Waals surface area contributed by atoms with E-state index in [-0.39, 0.29) is 23.9 Å². The quantitative estimate of drug-likeness (QED) is 0.415. The summed E-state index contributed by atoms with van der Waals surface area (Å²) in [7, 11) is 0. The molecule has 1 heterocycles. The lowest BCUT2D eigenvalue weighted by atomic mass is 9.98. The number of allylic oxidation sites excluding steroid dienone is 2. The molecule has 0 saturated heterocycles.